The summed E-state index contributed by atoms with van der Waals surface area (Å²) in [6.07, 6.45) is 0.978. The van der Waals surface area contributed by atoms with Crippen LogP contribution in [0.2, 0.25) is 0 Å². The fourth-order valence-electron chi connectivity index (χ4n) is 3.65. The van der Waals surface area contributed by atoms with Gasteiger partial charge in [0, 0.05) is 33.8 Å². The van der Waals surface area contributed by atoms with E-state index in [2.05, 4.69) is 33.9 Å². The highest BCUT2D eigenvalue weighted by molar-refractivity contribution is 7.99. The van der Waals surface area contributed by atoms with E-state index in [1.54, 1.807) is 11.3 Å². The predicted octanol–water partition coefficient (Wildman–Crippen LogP) is 5.97. The number of methoxy groups -OCH3 is 1. The van der Waals surface area contributed by atoms with Gasteiger partial charge in [-0.2, -0.15) is 0 Å². The quantitative estimate of drug-likeness (QED) is 0.225. The third-order valence-electron chi connectivity index (χ3n) is 5.54. The molecule has 3 aromatic heterocycles. The molecule has 4 aromatic rings. The zero-order valence-corrected chi connectivity index (χ0v) is 22.6. The average Bonchev–Trinajstić information content (AvgIpc) is 3.57. The smallest absolute Gasteiger partial charge is 0.341 e. The molecule has 0 saturated heterocycles. The number of rotatable bonds is 8. The van der Waals surface area contributed by atoms with Gasteiger partial charge in [0.15, 0.2) is 11.0 Å². The van der Waals surface area contributed by atoms with Gasteiger partial charge >= 0.3 is 5.97 Å². The van der Waals surface area contributed by atoms with Crippen LogP contribution in [0.25, 0.3) is 22.5 Å². The summed E-state index contributed by atoms with van der Waals surface area (Å²) in [5.74, 6) is 0.189. The molecule has 0 atom stereocenters. The van der Waals surface area contributed by atoms with Gasteiger partial charge in [-0.05, 0) is 37.5 Å². The number of ether oxygens (including phenoxy) is 1. The number of benzene rings is 1. The number of esters is 1. The number of aromatic nitrogens is 3. The molecule has 0 bridgehead atoms. The highest BCUT2D eigenvalue weighted by atomic mass is 32.2. The first-order chi connectivity index (χ1) is 16.8. The first-order valence-electron chi connectivity index (χ1n) is 11.0. The number of nitrogens with one attached hydrogen (secondary N) is 1. The molecule has 0 spiro atoms. The first kappa shape index (κ1) is 25.2. The van der Waals surface area contributed by atoms with Gasteiger partial charge in [0.2, 0.25) is 5.91 Å². The van der Waals surface area contributed by atoms with Gasteiger partial charge in [-0.15, -0.1) is 32.9 Å². The third-order valence-corrected chi connectivity index (χ3v) is 8.54. The summed E-state index contributed by atoms with van der Waals surface area (Å²) in [4.78, 5) is 26.8. The summed E-state index contributed by atoms with van der Waals surface area (Å²) in [6.45, 7) is 6.12. The van der Waals surface area contributed by atoms with Crippen LogP contribution in [0.15, 0.2) is 40.2 Å². The maximum Gasteiger partial charge on any atom is 0.341 e. The molecule has 0 radical (unpaired) electrons. The highest BCUT2D eigenvalue weighted by Crippen LogP contribution is 2.38. The monoisotopic (exact) mass is 526 g/mol. The third kappa shape index (κ3) is 5.34. The fraction of sp³-hybridized carbons (Fsp3) is 0.280. The minimum Gasteiger partial charge on any atom is -0.465 e. The number of thioether (sulfide) groups is 1. The Morgan fingerprint density at radius 3 is 2.63 bits per heavy atom. The Labute approximate surface area is 216 Å². The molecule has 7 nitrogen and oxygen atoms in total. The van der Waals surface area contributed by atoms with Crippen molar-refractivity contribution in [3.8, 4) is 22.5 Å². The van der Waals surface area contributed by atoms with Crippen molar-refractivity contribution >= 4 is 51.3 Å². The molecule has 0 unspecified atom stereocenters. The van der Waals surface area contributed by atoms with Crippen molar-refractivity contribution in [3.63, 3.8) is 0 Å². The molecule has 3 heterocycles. The highest BCUT2D eigenvalue weighted by Gasteiger charge is 2.23. The zero-order chi connectivity index (χ0) is 25.1. The van der Waals surface area contributed by atoms with Crippen molar-refractivity contribution < 1.29 is 14.3 Å². The van der Waals surface area contributed by atoms with Gasteiger partial charge in [0.05, 0.1) is 12.9 Å². The summed E-state index contributed by atoms with van der Waals surface area (Å²) < 4.78 is 6.93. The SMILES string of the molecule is CCc1cc(-c2nnc(SCC(=O)Nc3scc(-c4cc(C)ccc4C)c3C(=O)OC)n2C)cs1. The number of hydrogen-bond donors (Lipinski definition) is 1. The van der Waals surface area contributed by atoms with Crippen LogP contribution in [0.5, 0.6) is 0 Å². The van der Waals surface area contributed by atoms with Crippen molar-refractivity contribution in [2.75, 3.05) is 18.2 Å². The van der Waals surface area contributed by atoms with Crippen molar-refractivity contribution in [2.45, 2.75) is 32.3 Å². The van der Waals surface area contributed by atoms with Crippen LogP contribution < -0.4 is 5.32 Å². The Kier molecular flexibility index (Phi) is 7.73. The summed E-state index contributed by atoms with van der Waals surface area (Å²) in [6, 6.07) is 8.21. The van der Waals surface area contributed by atoms with E-state index < -0.39 is 5.97 Å². The van der Waals surface area contributed by atoms with E-state index in [1.165, 1.54) is 35.1 Å². The lowest BCUT2D eigenvalue weighted by molar-refractivity contribution is -0.113. The van der Waals surface area contributed by atoms with Gasteiger partial charge in [-0.25, -0.2) is 4.79 Å². The van der Waals surface area contributed by atoms with E-state index in [0.717, 1.165) is 40.1 Å². The van der Waals surface area contributed by atoms with Gasteiger partial charge < -0.3 is 14.6 Å². The summed E-state index contributed by atoms with van der Waals surface area (Å²) in [7, 11) is 3.24. The molecule has 35 heavy (non-hydrogen) atoms. The second kappa shape index (κ2) is 10.8. The zero-order valence-electron chi connectivity index (χ0n) is 20.2. The predicted molar refractivity (Wildman–Crippen MR) is 144 cm³/mol. The Hall–Kier alpha value is -2.95. The first-order valence-corrected chi connectivity index (χ1v) is 13.7. The average molecular weight is 527 g/mol. The summed E-state index contributed by atoms with van der Waals surface area (Å²) >= 11 is 4.31. The lowest BCUT2D eigenvalue weighted by atomic mass is 9.97. The topological polar surface area (TPSA) is 86.1 Å². The van der Waals surface area contributed by atoms with Crippen LogP contribution in [0.4, 0.5) is 5.00 Å². The van der Waals surface area contributed by atoms with E-state index in [9.17, 15) is 9.59 Å². The van der Waals surface area contributed by atoms with Crippen molar-refractivity contribution in [3.05, 3.63) is 56.6 Å². The Balaban J connectivity index is 1.50. The normalized spacial score (nSPS) is 11.0. The number of aryl methyl sites for hydroxylation is 3. The minimum atomic E-state index is -0.481. The molecule has 182 valence electrons. The molecule has 1 aromatic carbocycles. The molecular formula is C25H26N4O3S3. The van der Waals surface area contributed by atoms with Crippen LogP contribution >= 0.6 is 34.4 Å². The van der Waals surface area contributed by atoms with E-state index >= 15 is 0 Å². The largest absolute Gasteiger partial charge is 0.465 e. The molecule has 0 fully saturated rings. The van der Waals surface area contributed by atoms with Crippen LogP contribution in [-0.2, 0) is 23.0 Å². The van der Waals surface area contributed by atoms with Crippen LogP contribution in [-0.4, -0.2) is 39.5 Å². The molecule has 0 aliphatic carbocycles. The van der Waals surface area contributed by atoms with Gasteiger partial charge in [-0.3, -0.25) is 4.79 Å². The van der Waals surface area contributed by atoms with E-state index in [0.29, 0.717) is 15.7 Å². The Morgan fingerprint density at radius 1 is 1.11 bits per heavy atom. The van der Waals surface area contributed by atoms with Crippen molar-refractivity contribution in [1.82, 2.24) is 14.8 Å². The van der Waals surface area contributed by atoms with Crippen molar-refractivity contribution in [2.24, 2.45) is 7.05 Å². The second-order valence-corrected chi connectivity index (χ2v) is 10.8. The Morgan fingerprint density at radius 2 is 1.91 bits per heavy atom. The van der Waals surface area contributed by atoms with Crippen LogP contribution in [0.3, 0.4) is 0 Å². The van der Waals surface area contributed by atoms with Gasteiger partial charge in [0.1, 0.15) is 10.6 Å². The summed E-state index contributed by atoms with van der Waals surface area (Å²) in [5.41, 5.74) is 5.23. The number of carbonyl (C=O) groups excluding carboxylic acids is 2. The summed E-state index contributed by atoms with van der Waals surface area (Å²) in [5, 5.41) is 16.5. The number of thiophene rings is 2. The lowest BCUT2D eigenvalue weighted by Gasteiger charge is -2.10. The fourth-order valence-corrected chi connectivity index (χ4v) is 6.14. The molecule has 0 aliphatic heterocycles. The standard InChI is InChI=1S/C25H26N4O3S3/c1-6-17-10-16(11-33-17)22-27-28-25(29(22)4)35-13-20(30)26-23-21(24(31)32-5)19(12-34-23)18-9-14(2)7-8-15(18)3/h7-12H,6,13H2,1-5H3,(H,26,30). The number of amides is 1. The molecule has 0 aliphatic rings. The van der Waals surface area contributed by atoms with Crippen LogP contribution in [0, 0.1) is 13.8 Å². The minimum absolute atomic E-state index is 0.132. The molecule has 10 heteroatoms. The Bertz CT molecular complexity index is 1390. The van der Waals surface area contributed by atoms with Crippen molar-refractivity contribution in [1.29, 1.82) is 0 Å². The number of carbonyl (C=O) groups is 2. The number of hydrogen-bond acceptors (Lipinski definition) is 8. The molecular weight excluding hydrogens is 501 g/mol. The maximum atomic E-state index is 12.8. The molecule has 0 saturated carbocycles. The maximum absolute atomic E-state index is 12.8. The molecule has 1 N–H and O–H groups in total. The van der Waals surface area contributed by atoms with E-state index in [-0.39, 0.29) is 11.7 Å². The number of nitrogens with zero attached hydrogens (tertiary/aromatic N) is 3. The van der Waals surface area contributed by atoms with E-state index in [1.807, 2.05) is 49.0 Å². The number of anilines is 1. The van der Waals surface area contributed by atoms with E-state index in [4.69, 9.17) is 4.74 Å². The lowest BCUT2D eigenvalue weighted by Crippen LogP contribution is -2.16. The van der Waals surface area contributed by atoms with Gasteiger partial charge in [-0.1, -0.05) is 42.4 Å². The molecule has 4 rings (SSSR count). The second-order valence-electron chi connectivity index (χ2n) is 8.02. The van der Waals surface area contributed by atoms with Crippen LogP contribution in [0.1, 0.15) is 33.3 Å². The molecule has 1 amide bonds. The van der Waals surface area contributed by atoms with Gasteiger partial charge in [0.25, 0.3) is 0 Å².